The molecule has 0 saturated heterocycles. The molecule has 0 unspecified atom stereocenters. The standard InChI is InChI=1S/C15H13F2N5OS/c16-15(17)24-14-10(4-3-7-19-14)13(23)18-8-6-12-21-20-11-5-1-2-9-22(11)12/h1-5,7,9,15H,6,8H2,(H,18,23). The number of pyridine rings is 2. The monoisotopic (exact) mass is 349 g/mol. The van der Waals surface area contributed by atoms with Crippen LogP contribution < -0.4 is 5.32 Å². The molecule has 3 heterocycles. The second-order valence-electron chi connectivity index (χ2n) is 4.79. The van der Waals surface area contributed by atoms with Crippen LogP contribution in [-0.4, -0.2) is 37.8 Å². The van der Waals surface area contributed by atoms with Gasteiger partial charge in [0.25, 0.3) is 11.7 Å². The fourth-order valence-corrected chi connectivity index (χ4v) is 2.76. The van der Waals surface area contributed by atoms with Crippen molar-refractivity contribution in [2.45, 2.75) is 17.2 Å². The maximum Gasteiger partial charge on any atom is 0.290 e. The lowest BCUT2D eigenvalue weighted by atomic mass is 10.2. The topological polar surface area (TPSA) is 72.2 Å². The molecule has 0 saturated carbocycles. The van der Waals surface area contributed by atoms with E-state index in [1.54, 1.807) is 0 Å². The minimum atomic E-state index is -2.63. The summed E-state index contributed by atoms with van der Waals surface area (Å²) in [5.74, 6) is -2.37. The zero-order valence-electron chi connectivity index (χ0n) is 12.4. The van der Waals surface area contributed by atoms with E-state index >= 15 is 0 Å². The van der Waals surface area contributed by atoms with Crippen molar-refractivity contribution in [3.05, 3.63) is 54.1 Å². The number of rotatable bonds is 6. The molecular formula is C15H13F2N5OS. The van der Waals surface area contributed by atoms with Gasteiger partial charge in [0, 0.05) is 25.4 Å². The number of thioether (sulfide) groups is 1. The maximum atomic E-state index is 12.5. The highest BCUT2D eigenvalue weighted by atomic mass is 32.2. The van der Waals surface area contributed by atoms with Gasteiger partial charge in [-0.25, -0.2) is 4.98 Å². The highest BCUT2D eigenvalue weighted by Crippen LogP contribution is 2.26. The van der Waals surface area contributed by atoms with Crippen LogP contribution in [0.25, 0.3) is 5.65 Å². The molecule has 0 radical (unpaired) electrons. The van der Waals surface area contributed by atoms with Crippen molar-refractivity contribution < 1.29 is 13.6 Å². The summed E-state index contributed by atoms with van der Waals surface area (Å²) in [5.41, 5.74) is 0.857. The molecule has 3 aromatic heterocycles. The van der Waals surface area contributed by atoms with Gasteiger partial charge in [-0.1, -0.05) is 6.07 Å². The summed E-state index contributed by atoms with van der Waals surface area (Å²) in [6.07, 6.45) is 3.68. The van der Waals surface area contributed by atoms with Gasteiger partial charge in [0.15, 0.2) is 5.65 Å². The van der Waals surface area contributed by atoms with Gasteiger partial charge in [-0.05, 0) is 36.0 Å². The number of carbonyl (C=O) groups excluding carboxylic acids is 1. The van der Waals surface area contributed by atoms with Crippen molar-refractivity contribution in [1.82, 2.24) is 24.9 Å². The molecular weight excluding hydrogens is 336 g/mol. The van der Waals surface area contributed by atoms with Crippen molar-refractivity contribution in [3.63, 3.8) is 0 Å². The van der Waals surface area contributed by atoms with E-state index in [0.717, 1.165) is 5.65 Å². The number of nitrogens with one attached hydrogen (secondary N) is 1. The predicted octanol–water partition coefficient (Wildman–Crippen LogP) is 2.41. The Morgan fingerprint density at radius 2 is 2.12 bits per heavy atom. The highest BCUT2D eigenvalue weighted by molar-refractivity contribution is 7.99. The predicted molar refractivity (Wildman–Crippen MR) is 85.1 cm³/mol. The summed E-state index contributed by atoms with van der Waals surface area (Å²) < 4.78 is 26.9. The molecule has 0 bridgehead atoms. The normalized spacial score (nSPS) is 11.1. The minimum Gasteiger partial charge on any atom is -0.352 e. The minimum absolute atomic E-state index is 0.0120. The van der Waals surface area contributed by atoms with E-state index in [1.165, 1.54) is 18.3 Å². The lowest BCUT2D eigenvalue weighted by Crippen LogP contribution is -2.27. The van der Waals surface area contributed by atoms with E-state index < -0.39 is 11.7 Å². The molecule has 0 fully saturated rings. The molecule has 0 aliphatic carbocycles. The van der Waals surface area contributed by atoms with Crippen LogP contribution in [0, 0.1) is 0 Å². The van der Waals surface area contributed by atoms with Crippen LogP contribution in [0.5, 0.6) is 0 Å². The molecule has 3 aromatic rings. The Morgan fingerprint density at radius 3 is 2.96 bits per heavy atom. The first-order valence-electron chi connectivity index (χ1n) is 7.12. The van der Waals surface area contributed by atoms with Gasteiger partial charge >= 0.3 is 0 Å². The van der Waals surface area contributed by atoms with Crippen LogP contribution in [0.4, 0.5) is 8.78 Å². The first-order chi connectivity index (χ1) is 11.6. The molecule has 0 aliphatic rings. The van der Waals surface area contributed by atoms with E-state index in [9.17, 15) is 13.6 Å². The zero-order chi connectivity index (χ0) is 16.9. The van der Waals surface area contributed by atoms with Gasteiger partial charge in [0.05, 0.1) is 5.56 Å². The summed E-state index contributed by atoms with van der Waals surface area (Å²) in [6, 6.07) is 8.57. The fraction of sp³-hybridized carbons (Fsp3) is 0.200. The van der Waals surface area contributed by atoms with Gasteiger partial charge in [0.2, 0.25) is 0 Å². The van der Waals surface area contributed by atoms with Gasteiger partial charge in [-0.2, -0.15) is 8.78 Å². The number of alkyl halides is 2. The van der Waals surface area contributed by atoms with Crippen molar-refractivity contribution in [2.75, 3.05) is 6.54 Å². The van der Waals surface area contributed by atoms with Crippen LogP contribution in [-0.2, 0) is 6.42 Å². The van der Waals surface area contributed by atoms with Gasteiger partial charge in [0.1, 0.15) is 10.9 Å². The number of nitrogens with zero attached hydrogens (tertiary/aromatic N) is 4. The molecule has 1 amide bonds. The van der Waals surface area contributed by atoms with Crippen LogP contribution in [0.15, 0.2) is 47.8 Å². The third kappa shape index (κ3) is 3.67. The molecule has 9 heteroatoms. The average Bonchev–Trinajstić information content (AvgIpc) is 2.98. The number of carbonyl (C=O) groups is 1. The second kappa shape index (κ2) is 7.35. The largest absolute Gasteiger partial charge is 0.352 e. The number of halogens is 2. The Balaban J connectivity index is 1.64. The molecule has 0 aliphatic heterocycles. The summed E-state index contributed by atoms with van der Waals surface area (Å²) in [5, 5.41) is 10.8. The SMILES string of the molecule is O=C(NCCc1nnc2ccccn12)c1cccnc1SC(F)F. The van der Waals surface area contributed by atoms with Gasteiger partial charge in [-0.15, -0.1) is 10.2 Å². The molecule has 0 spiro atoms. The molecule has 0 aromatic carbocycles. The van der Waals surface area contributed by atoms with Crippen molar-refractivity contribution in [1.29, 1.82) is 0 Å². The Hall–Kier alpha value is -2.55. The molecule has 6 nitrogen and oxygen atoms in total. The number of amides is 1. The van der Waals surface area contributed by atoms with Crippen molar-refractivity contribution >= 4 is 23.3 Å². The molecule has 124 valence electrons. The van der Waals surface area contributed by atoms with Gasteiger partial charge < -0.3 is 5.32 Å². The summed E-state index contributed by atoms with van der Waals surface area (Å²) in [6.45, 7) is 0.308. The fourth-order valence-electron chi connectivity index (χ4n) is 2.19. The lowest BCUT2D eigenvalue weighted by Gasteiger charge is -2.08. The van der Waals surface area contributed by atoms with Crippen molar-refractivity contribution in [3.8, 4) is 0 Å². The Bertz CT molecular complexity index is 855. The van der Waals surface area contributed by atoms with E-state index in [0.29, 0.717) is 18.8 Å². The average molecular weight is 349 g/mol. The zero-order valence-corrected chi connectivity index (χ0v) is 13.2. The Labute approximate surface area is 140 Å². The molecule has 0 atom stereocenters. The lowest BCUT2D eigenvalue weighted by molar-refractivity contribution is 0.0950. The third-order valence-electron chi connectivity index (χ3n) is 3.23. The Morgan fingerprint density at radius 1 is 1.25 bits per heavy atom. The molecule has 3 rings (SSSR count). The van der Waals surface area contributed by atoms with Crippen LogP contribution in [0.3, 0.4) is 0 Å². The third-order valence-corrected chi connectivity index (χ3v) is 3.96. The van der Waals surface area contributed by atoms with E-state index in [4.69, 9.17) is 0 Å². The van der Waals surface area contributed by atoms with Crippen LogP contribution in [0.1, 0.15) is 16.2 Å². The smallest absolute Gasteiger partial charge is 0.290 e. The number of hydrogen-bond donors (Lipinski definition) is 1. The molecule has 24 heavy (non-hydrogen) atoms. The van der Waals surface area contributed by atoms with Gasteiger partial charge in [-0.3, -0.25) is 9.20 Å². The first-order valence-corrected chi connectivity index (χ1v) is 8.00. The summed E-state index contributed by atoms with van der Waals surface area (Å²) in [7, 11) is 0. The van der Waals surface area contributed by atoms with Crippen molar-refractivity contribution in [2.24, 2.45) is 0 Å². The number of aromatic nitrogens is 4. The summed E-state index contributed by atoms with van der Waals surface area (Å²) >= 11 is 0.255. The van der Waals surface area contributed by atoms with E-state index in [1.807, 2.05) is 28.8 Å². The van der Waals surface area contributed by atoms with Crippen LogP contribution >= 0.6 is 11.8 Å². The number of hydrogen-bond acceptors (Lipinski definition) is 5. The van der Waals surface area contributed by atoms with E-state index in [2.05, 4.69) is 20.5 Å². The van der Waals surface area contributed by atoms with Crippen LogP contribution in [0.2, 0.25) is 0 Å². The second-order valence-corrected chi connectivity index (χ2v) is 5.76. The quantitative estimate of drug-likeness (QED) is 0.692. The molecule has 1 N–H and O–H groups in total. The highest BCUT2D eigenvalue weighted by Gasteiger charge is 2.16. The van der Waals surface area contributed by atoms with E-state index in [-0.39, 0.29) is 22.4 Å². The summed E-state index contributed by atoms with van der Waals surface area (Å²) in [4.78, 5) is 16.0. The maximum absolute atomic E-state index is 12.5. The number of fused-ring (bicyclic) bond motifs is 1. The Kier molecular flexibility index (Phi) is 4.99. The first kappa shape index (κ1) is 16.3.